The number of nitrogens with one attached hydrogen (secondary N) is 2. The molecule has 0 amide bonds. The summed E-state index contributed by atoms with van der Waals surface area (Å²) in [4.78, 5) is 8.73. The van der Waals surface area contributed by atoms with Crippen molar-refractivity contribution in [3.05, 3.63) is 23.9 Å². The molecule has 0 aromatic carbocycles. The van der Waals surface area contributed by atoms with Crippen molar-refractivity contribution in [1.82, 2.24) is 15.6 Å². The molecule has 0 bridgehead atoms. The molecule has 0 saturated carbocycles. The molecule has 0 aliphatic heterocycles. The van der Waals surface area contributed by atoms with Crippen LogP contribution in [-0.2, 0) is 11.3 Å². The lowest BCUT2D eigenvalue weighted by atomic mass is 10.3. The van der Waals surface area contributed by atoms with Crippen molar-refractivity contribution < 1.29 is 9.47 Å². The van der Waals surface area contributed by atoms with Crippen molar-refractivity contribution in [3.8, 4) is 5.88 Å². The Morgan fingerprint density at radius 3 is 2.90 bits per heavy atom. The predicted molar refractivity (Wildman–Crippen MR) is 80.1 cm³/mol. The number of pyridine rings is 1. The molecule has 0 aliphatic carbocycles. The van der Waals surface area contributed by atoms with Gasteiger partial charge in [-0.3, -0.25) is 0 Å². The fourth-order valence-corrected chi connectivity index (χ4v) is 1.59. The molecule has 0 saturated heterocycles. The van der Waals surface area contributed by atoms with Crippen LogP contribution >= 0.6 is 0 Å². The topological polar surface area (TPSA) is 67.8 Å². The molecule has 1 aromatic heterocycles. The molecule has 0 radical (unpaired) electrons. The largest absolute Gasteiger partial charge is 0.478 e. The molecular weight excluding hydrogens is 256 g/mol. The third-order valence-corrected chi connectivity index (χ3v) is 2.48. The van der Waals surface area contributed by atoms with Crippen molar-refractivity contribution in [3.63, 3.8) is 0 Å². The molecule has 1 rings (SSSR count). The first-order valence-corrected chi connectivity index (χ1v) is 6.89. The Kier molecular flexibility index (Phi) is 8.14. The van der Waals surface area contributed by atoms with E-state index >= 15 is 0 Å². The first-order valence-electron chi connectivity index (χ1n) is 6.89. The average molecular weight is 280 g/mol. The summed E-state index contributed by atoms with van der Waals surface area (Å²) in [5.41, 5.74) is 0.971. The Morgan fingerprint density at radius 1 is 1.35 bits per heavy atom. The summed E-state index contributed by atoms with van der Waals surface area (Å²) in [6.07, 6.45) is 1.72. The van der Waals surface area contributed by atoms with Crippen LogP contribution in [-0.4, -0.2) is 44.4 Å². The zero-order valence-electron chi connectivity index (χ0n) is 12.5. The molecular formula is C14H24N4O2. The van der Waals surface area contributed by atoms with E-state index in [1.807, 2.05) is 26.0 Å². The van der Waals surface area contributed by atoms with Gasteiger partial charge >= 0.3 is 0 Å². The number of rotatable bonds is 8. The van der Waals surface area contributed by atoms with Gasteiger partial charge in [0.15, 0.2) is 5.96 Å². The number of hydrogen-bond donors (Lipinski definition) is 2. The lowest BCUT2D eigenvalue weighted by Gasteiger charge is -2.11. The zero-order valence-corrected chi connectivity index (χ0v) is 12.5. The quantitative estimate of drug-likeness (QED) is 0.425. The minimum atomic E-state index is 0.519. The first-order chi connectivity index (χ1) is 9.81. The summed E-state index contributed by atoms with van der Waals surface area (Å²) in [6.45, 7) is 7.26. The molecule has 1 aromatic rings. The van der Waals surface area contributed by atoms with E-state index < -0.39 is 0 Å². The summed E-state index contributed by atoms with van der Waals surface area (Å²) in [7, 11) is 1.68. The third kappa shape index (κ3) is 5.88. The predicted octanol–water partition coefficient (Wildman–Crippen LogP) is 1.18. The van der Waals surface area contributed by atoms with Gasteiger partial charge in [-0.25, -0.2) is 9.98 Å². The van der Waals surface area contributed by atoms with E-state index in [0.29, 0.717) is 32.2 Å². The molecule has 1 heterocycles. The van der Waals surface area contributed by atoms with E-state index in [-0.39, 0.29) is 0 Å². The summed E-state index contributed by atoms with van der Waals surface area (Å²) in [6, 6.07) is 3.86. The van der Waals surface area contributed by atoms with Crippen LogP contribution in [0.25, 0.3) is 0 Å². The number of methoxy groups -OCH3 is 1. The minimum Gasteiger partial charge on any atom is -0.478 e. The van der Waals surface area contributed by atoms with Gasteiger partial charge in [-0.15, -0.1) is 0 Å². The van der Waals surface area contributed by atoms with Gasteiger partial charge in [0.05, 0.1) is 19.8 Å². The molecule has 0 unspecified atom stereocenters. The number of guanidine groups is 1. The Balaban J connectivity index is 2.65. The van der Waals surface area contributed by atoms with Crippen molar-refractivity contribution in [2.24, 2.45) is 4.99 Å². The van der Waals surface area contributed by atoms with Crippen molar-refractivity contribution in [2.75, 3.05) is 33.4 Å². The van der Waals surface area contributed by atoms with Crippen molar-refractivity contribution >= 4 is 5.96 Å². The van der Waals surface area contributed by atoms with Crippen LogP contribution in [0.15, 0.2) is 23.3 Å². The monoisotopic (exact) mass is 280 g/mol. The standard InChI is InChI=1S/C14H24N4O2/c1-4-15-14(17-9-10-19-3)18-11-12-7-6-8-16-13(12)20-5-2/h6-8H,4-5,9-11H2,1-3H3,(H2,15,17,18). The Morgan fingerprint density at radius 2 is 2.20 bits per heavy atom. The van der Waals surface area contributed by atoms with Gasteiger partial charge in [-0.05, 0) is 19.9 Å². The maximum atomic E-state index is 5.49. The van der Waals surface area contributed by atoms with Crippen LogP contribution in [0, 0.1) is 0 Å². The van der Waals surface area contributed by atoms with Crippen LogP contribution in [0.5, 0.6) is 5.88 Å². The normalized spacial score (nSPS) is 11.2. The lowest BCUT2D eigenvalue weighted by Crippen LogP contribution is -2.38. The molecule has 0 spiro atoms. The molecule has 20 heavy (non-hydrogen) atoms. The van der Waals surface area contributed by atoms with Gasteiger partial charge in [0.1, 0.15) is 0 Å². The van der Waals surface area contributed by atoms with Crippen LogP contribution in [0.2, 0.25) is 0 Å². The maximum Gasteiger partial charge on any atom is 0.218 e. The fraction of sp³-hybridized carbons (Fsp3) is 0.571. The maximum absolute atomic E-state index is 5.49. The highest BCUT2D eigenvalue weighted by molar-refractivity contribution is 5.79. The van der Waals surface area contributed by atoms with Crippen molar-refractivity contribution in [1.29, 1.82) is 0 Å². The van der Waals surface area contributed by atoms with Gasteiger partial charge in [-0.1, -0.05) is 6.07 Å². The van der Waals surface area contributed by atoms with Gasteiger partial charge < -0.3 is 20.1 Å². The molecule has 6 nitrogen and oxygen atoms in total. The van der Waals surface area contributed by atoms with Gasteiger partial charge in [0.2, 0.25) is 5.88 Å². The van der Waals surface area contributed by atoms with Crippen molar-refractivity contribution in [2.45, 2.75) is 20.4 Å². The number of aliphatic imine (C=N–C) groups is 1. The molecule has 0 atom stereocenters. The van der Waals surface area contributed by atoms with Gasteiger partial charge in [0.25, 0.3) is 0 Å². The third-order valence-electron chi connectivity index (χ3n) is 2.48. The first kappa shape index (κ1) is 16.2. The Bertz CT molecular complexity index is 410. The summed E-state index contributed by atoms with van der Waals surface area (Å²) in [5.74, 6) is 1.40. The molecule has 2 N–H and O–H groups in total. The second-order valence-electron chi connectivity index (χ2n) is 4.02. The van der Waals surface area contributed by atoms with Crippen LogP contribution in [0.4, 0.5) is 0 Å². The number of aromatic nitrogens is 1. The van der Waals surface area contributed by atoms with E-state index in [4.69, 9.17) is 9.47 Å². The lowest BCUT2D eigenvalue weighted by molar-refractivity contribution is 0.203. The number of nitrogens with zero attached hydrogens (tertiary/aromatic N) is 2. The van der Waals surface area contributed by atoms with Crippen LogP contribution in [0.1, 0.15) is 19.4 Å². The molecule has 0 aliphatic rings. The fourth-order valence-electron chi connectivity index (χ4n) is 1.59. The van der Waals surface area contributed by atoms with E-state index in [0.717, 1.165) is 18.1 Å². The smallest absolute Gasteiger partial charge is 0.218 e. The van der Waals surface area contributed by atoms with E-state index in [2.05, 4.69) is 20.6 Å². The summed E-state index contributed by atoms with van der Waals surface area (Å²) >= 11 is 0. The second-order valence-corrected chi connectivity index (χ2v) is 4.02. The van der Waals surface area contributed by atoms with E-state index in [9.17, 15) is 0 Å². The summed E-state index contributed by atoms with van der Waals surface area (Å²) in [5, 5.41) is 6.38. The SMILES string of the molecule is CCNC(=NCc1cccnc1OCC)NCCOC. The zero-order chi connectivity index (χ0) is 14.6. The van der Waals surface area contributed by atoms with Crippen LogP contribution < -0.4 is 15.4 Å². The van der Waals surface area contributed by atoms with E-state index in [1.165, 1.54) is 0 Å². The molecule has 6 heteroatoms. The van der Waals surface area contributed by atoms with Crippen LogP contribution in [0.3, 0.4) is 0 Å². The average Bonchev–Trinajstić information content (AvgIpc) is 2.46. The molecule has 0 fully saturated rings. The second kappa shape index (κ2) is 10.0. The Labute approximate surface area is 120 Å². The highest BCUT2D eigenvalue weighted by atomic mass is 16.5. The molecule has 112 valence electrons. The van der Waals surface area contributed by atoms with Gasteiger partial charge in [-0.2, -0.15) is 0 Å². The number of hydrogen-bond acceptors (Lipinski definition) is 4. The summed E-state index contributed by atoms with van der Waals surface area (Å²) < 4.78 is 10.5. The number of ether oxygens (including phenoxy) is 2. The highest BCUT2D eigenvalue weighted by Crippen LogP contribution is 2.14. The Hall–Kier alpha value is -1.82. The van der Waals surface area contributed by atoms with E-state index in [1.54, 1.807) is 13.3 Å². The highest BCUT2D eigenvalue weighted by Gasteiger charge is 2.04. The van der Waals surface area contributed by atoms with Gasteiger partial charge in [0, 0.05) is 32.0 Å². The minimum absolute atomic E-state index is 0.519.